The molecule has 2 aromatic rings. The Labute approximate surface area is 85.0 Å². The van der Waals surface area contributed by atoms with E-state index in [9.17, 15) is 0 Å². The molecular weight excluding hydrogens is 200 g/mol. The Balaban J connectivity index is 1.94. The largest absolute Gasteiger partial charge is 0.179 e. The first-order valence-electron chi connectivity index (χ1n) is 3.81. The lowest BCUT2D eigenvalue weighted by molar-refractivity contribution is 1.01. The summed E-state index contributed by atoms with van der Waals surface area (Å²) in [6.07, 6.45) is 0. The van der Waals surface area contributed by atoms with Crippen molar-refractivity contribution < 1.29 is 0 Å². The molecule has 0 saturated heterocycles. The van der Waals surface area contributed by atoms with E-state index in [1.54, 1.807) is 11.8 Å². The molecule has 1 radical (unpaired) electrons. The molecule has 0 aliphatic heterocycles. The molecule has 2 nitrogen and oxygen atoms in total. The molecule has 0 spiro atoms. The quantitative estimate of drug-likeness (QED) is 0.724. The van der Waals surface area contributed by atoms with Crippen LogP contribution in [0.15, 0.2) is 34.7 Å². The fourth-order valence-electron chi connectivity index (χ4n) is 0.919. The van der Waals surface area contributed by atoms with Crippen molar-refractivity contribution in [2.24, 2.45) is 0 Å². The number of nitrogens with zero attached hydrogens (tertiary/aromatic N) is 2. The van der Waals surface area contributed by atoms with Crippen molar-refractivity contribution in [2.45, 2.75) is 10.1 Å². The first-order valence-corrected chi connectivity index (χ1v) is 5.61. The third-order valence-electron chi connectivity index (χ3n) is 1.51. The van der Waals surface area contributed by atoms with Crippen molar-refractivity contribution >= 4 is 23.1 Å². The molecule has 0 aliphatic carbocycles. The average Bonchev–Trinajstić information content (AvgIpc) is 2.69. The average molecular weight is 207 g/mol. The van der Waals surface area contributed by atoms with E-state index >= 15 is 0 Å². The van der Waals surface area contributed by atoms with E-state index in [-0.39, 0.29) is 0 Å². The standard InChI is InChI=1S/C9H7N2S2/c1-2-4-8(5-3-1)6-12-9-11-10-7-13-9/h1-5H,6H2. The molecule has 2 rings (SSSR count). The lowest BCUT2D eigenvalue weighted by atomic mass is 10.2. The van der Waals surface area contributed by atoms with Crippen LogP contribution in [-0.4, -0.2) is 10.2 Å². The number of thioether (sulfide) groups is 1. The molecule has 0 amide bonds. The van der Waals surface area contributed by atoms with Gasteiger partial charge in [0.2, 0.25) is 0 Å². The second kappa shape index (κ2) is 4.39. The summed E-state index contributed by atoms with van der Waals surface area (Å²) in [6.45, 7) is 0. The van der Waals surface area contributed by atoms with Gasteiger partial charge in [-0.3, -0.25) is 0 Å². The Morgan fingerprint density at radius 2 is 2.15 bits per heavy atom. The lowest BCUT2D eigenvalue weighted by Crippen LogP contribution is -1.78. The zero-order chi connectivity index (χ0) is 8.93. The van der Waals surface area contributed by atoms with Crippen molar-refractivity contribution in [3.8, 4) is 0 Å². The summed E-state index contributed by atoms with van der Waals surface area (Å²) in [6, 6.07) is 10.3. The van der Waals surface area contributed by atoms with Crippen LogP contribution >= 0.6 is 23.1 Å². The minimum Gasteiger partial charge on any atom is -0.135 e. The number of aromatic nitrogens is 2. The highest BCUT2D eigenvalue weighted by Gasteiger charge is 1.98. The van der Waals surface area contributed by atoms with Gasteiger partial charge in [0.1, 0.15) is 0 Å². The fourth-order valence-corrected chi connectivity index (χ4v) is 2.27. The van der Waals surface area contributed by atoms with Crippen LogP contribution in [0.1, 0.15) is 5.56 Å². The van der Waals surface area contributed by atoms with E-state index in [0.717, 1.165) is 10.1 Å². The molecule has 1 aromatic carbocycles. The Morgan fingerprint density at radius 3 is 2.85 bits per heavy atom. The number of benzene rings is 1. The molecule has 0 bridgehead atoms. The zero-order valence-corrected chi connectivity index (χ0v) is 8.44. The van der Waals surface area contributed by atoms with E-state index in [1.165, 1.54) is 16.9 Å². The highest BCUT2D eigenvalue weighted by molar-refractivity contribution is 8.00. The van der Waals surface area contributed by atoms with Gasteiger partial charge < -0.3 is 0 Å². The summed E-state index contributed by atoms with van der Waals surface area (Å²) in [7, 11) is 0. The van der Waals surface area contributed by atoms with Crippen LogP contribution in [0.4, 0.5) is 0 Å². The van der Waals surface area contributed by atoms with E-state index in [0.29, 0.717) is 0 Å². The second-order valence-electron chi connectivity index (χ2n) is 2.43. The smallest absolute Gasteiger partial charge is 0.135 e. The predicted octanol–water partition coefficient (Wildman–Crippen LogP) is 2.63. The summed E-state index contributed by atoms with van der Waals surface area (Å²) in [5.74, 6) is 0.948. The van der Waals surface area contributed by atoms with Gasteiger partial charge in [-0.25, -0.2) is 0 Å². The highest BCUT2D eigenvalue weighted by Crippen LogP contribution is 2.22. The Hall–Kier alpha value is -0.870. The molecule has 1 aromatic heterocycles. The van der Waals surface area contributed by atoms with Crippen LogP contribution in [0.5, 0.6) is 0 Å². The summed E-state index contributed by atoms with van der Waals surface area (Å²) in [5, 5.41) is 7.56. The maximum Gasteiger partial charge on any atom is 0.179 e. The molecule has 0 saturated carbocycles. The van der Waals surface area contributed by atoms with Crippen molar-refractivity contribution in [3.05, 3.63) is 41.4 Å². The zero-order valence-electron chi connectivity index (χ0n) is 6.80. The monoisotopic (exact) mass is 207 g/mol. The molecule has 1 heterocycles. The van der Waals surface area contributed by atoms with Crippen molar-refractivity contribution in [1.82, 2.24) is 10.2 Å². The van der Waals surface area contributed by atoms with Crippen molar-refractivity contribution in [3.63, 3.8) is 0 Å². The molecule has 0 aliphatic rings. The molecule has 0 fully saturated rings. The minimum atomic E-state index is 0.948. The SMILES string of the molecule is [c]1nnc(SCc2ccccc2)s1. The van der Waals surface area contributed by atoms with Gasteiger partial charge in [0.15, 0.2) is 9.85 Å². The van der Waals surface area contributed by atoms with E-state index < -0.39 is 0 Å². The topological polar surface area (TPSA) is 25.8 Å². The molecule has 0 atom stereocenters. The summed E-state index contributed by atoms with van der Waals surface area (Å²) in [4.78, 5) is 0. The molecule has 13 heavy (non-hydrogen) atoms. The van der Waals surface area contributed by atoms with Crippen LogP contribution in [0.2, 0.25) is 0 Å². The van der Waals surface area contributed by atoms with Gasteiger partial charge in [-0.2, -0.15) is 0 Å². The van der Waals surface area contributed by atoms with Gasteiger partial charge in [-0.15, -0.1) is 10.2 Å². The number of hydrogen-bond donors (Lipinski definition) is 0. The predicted molar refractivity (Wildman–Crippen MR) is 54.7 cm³/mol. The van der Waals surface area contributed by atoms with Crippen LogP contribution in [-0.2, 0) is 5.75 Å². The lowest BCUT2D eigenvalue weighted by Gasteiger charge is -1.96. The van der Waals surface area contributed by atoms with Gasteiger partial charge >= 0.3 is 0 Å². The third-order valence-corrected chi connectivity index (χ3v) is 3.35. The first kappa shape index (κ1) is 8.72. The molecule has 4 heteroatoms. The van der Waals surface area contributed by atoms with Crippen LogP contribution in [0.25, 0.3) is 0 Å². The molecule has 0 N–H and O–H groups in total. The molecular formula is C9H7N2S2. The van der Waals surface area contributed by atoms with Crippen molar-refractivity contribution in [1.29, 1.82) is 0 Å². The van der Waals surface area contributed by atoms with Gasteiger partial charge in [0.25, 0.3) is 0 Å². The molecule has 65 valence electrons. The normalized spacial score (nSPS) is 10.2. The fraction of sp³-hybridized carbons (Fsp3) is 0.111. The van der Waals surface area contributed by atoms with E-state index in [4.69, 9.17) is 0 Å². The second-order valence-corrected chi connectivity index (χ2v) is 4.43. The van der Waals surface area contributed by atoms with Gasteiger partial charge in [-0.05, 0) is 5.56 Å². The van der Waals surface area contributed by atoms with Gasteiger partial charge in [0, 0.05) is 5.75 Å². The van der Waals surface area contributed by atoms with Crippen LogP contribution in [0, 0.1) is 5.51 Å². The number of rotatable bonds is 3. The summed E-state index contributed by atoms with van der Waals surface area (Å²) < 4.78 is 0.976. The van der Waals surface area contributed by atoms with E-state index in [2.05, 4.69) is 27.8 Å². The van der Waals surface area contributed by atoms with Crippen LogP contribution in [0.3, 0.4) is 0 Å². The number of hydrogen-bond acceptors (Lipinski definition) is 4. The van der Waals surface area contributed by atoms with Gasteiger partial charge in [-0.1, -0.05) is 53.4 Å². The van der Waals surface area contributed by atoms with Crippen LogP contribution < -0.4 is 0 Å². The van der Waals surface area contributed by atoms with Crippen molar-refractivity contribution in [2.75, 3.05) is 0 Å². The maximum absolute atomic E-state index is 3.91. The summed E-state index contributed by atoms with van der Waals surface area (Å²) in [5.41, 5.74) is 4.03. The van der Waals surface area contributed by atoms with Gasteiger partial charge in [0.05, 0.1) is 0 Å². The third kappa shape index (κ3) is 2.54. The first-order chi connectivity index (χ1) is 6.45. The Morgan fingerprint density at radius 1 is 1.31 bits per heavy atom. The summed E-state index contributed by atoms with van der Waals surface area (Å²) >= 11 is 3.15. The van der Waals surface area contributed by atoms with E-state index in [1.807, 2.05) is 18.2 Å². The Kier molecular flexibility index (Phi) is 2.94. The highest BCUT2D eigenvalue weighted by atomic mass is 32.2. The molecule has 0 unspecified atom stereocenters. The maximum atomic E-state index is 3.91. The minimum absolute atomic E-state index is 0.948. The Bertz CT molecular complexity index is 345.